The molecule has 1 aliphatic carbocycles. The summed E-state index contributed by atoms with van der Waals surface area (Å²) in [5.41, 5.74) is 3.76. The molecule has 90 valence electrons. The van der Waals surface area contributed by atoms with Crippen molar-refractivity contribution in [2.75, 3.05) is 0 Å². The minimum atomic E-state index is 0.638. The van der Waals surface area contributed by atoms with Gasteiger partial charge in [-0.25, -0.2) is 4.68 Å². The van der Waals surface area contributed by atoms with Gasteiger partial charge in [-0.2, -0.15) is 10.4 Å². The van der Waals surface area contributed by atoms with Crippen LogP contribution in [-0.4, -0.2) is 9.78 Å². The maximum atomic E-state index is 9.22. The normalized spacial score (nSPS) is 14.4. The average molecular weight is 302 g/mol. The summed E-state index contributed by atoms with van der Waals surface area (Å²) in [6, 6.07) is 10.2. The van der Waals surface area contributed by atoms with Gasteiger partial charge in [0.05, 0.1) is 16.9 Å². The van der Waals surface area contributed by atoms with E-state index >= 15 is 0 Å². The van der Waals surface area contributed by atoms with E-state index in [-0.39, 0.29) is 0 Å². The molecule has 0 bridgehead atoms. The number of nitriles is 1. The van der Waals surface area contributed by atoms with Gasteiger partial charge in [-0.1, -0.05) is 22.0 Å². The lowest BCUT2D eigenvalue weighted by Crippen LogP contribution is -1.99. The van der Waals surface area contributed by atoms with Gasteiger partial charge in [0, 0.05) is 17.4 Å². The SMILES string of the molecule is N#Cc1cc(CBr)ccc1-n1ccc(C2CC2)n1. The molecule has 0 saturated heterocycles. The molecule has 3 rings (SSSR count). The van der Waals surface area contributed by atoms with Gasteiger partial charge >= 0.3 is 0 Å². The highest BCUT2D eigenvalue weighted by atomic mass is 79.9. The van der Waals surface area contributed by atoms with Crippen LogP contribution < -0.4 is 0 Å². The minimum Gasteiger partial charge on any atom is -0.239 e. The zero-order chi connectivity index (χ0) is 12.5. The van der Waals surface area contributed by atoms with Gasteiger partial charge in [0.25, 0.3) is 0 Å². The van der Waals surface area contributed by atoms with Crippen molar-refractivity contribution in [3.8, 4) is 11.8 Å². The first kappa shape index (κ1) is 11.5. The molecule has 1 aromatic carbocycles. The van der Waals surface area contributed by atoms with Crippen molar-refractivity contribution < 1.29 is 0 Å². The second kappa shape index (κ2) is 4.58. The molecule has 0 spiro atoms. The predicted octanol–water partition coefficient (Wildman–Crippen LogP) is 3.52. The van der Waals surface area contributed by atoms with Crippen molar-refractivity contribution in [2.45, 2.75) is 24.1 Å². The van der Waals surface area contributed by atoms with Crippen LogP contribution >= 0.6 is 15.9 Å². The summed E-state index contributed by atoms with van der Waals surface area (Å²) >= 11 is 3.40. The Labute approximate surface area is 114 Å². The van der Waals surface area contributed by atoms with E-state index in [0.29, 0.717) is 11.5 Å². The van der Waals surface area contributed by atoms with Crippen molar-refractivity contribution in [1.29, 1.82) is 5.26 Å². The maximum absolute atomic E-state index is 9.22. The van der Waals surface area contributed by atoms with Gasteiger partial charge < -0.3 is 0 Å². The summed E-state index contributed by atoms with van der Waals surface area (Å²) in [6.45, 7) is 0. The standard InChI is InChI=1S/C14H12BrN3/c15-8-10-1-4-14(12(7-10)9-16)18-6-5-13(17-18)11-2-3-11/h1,4-7,11H,2-3,8H2. The molecule has 0 atom stereocenters. The Kier molecular flexibility index (Phi) is 2.92. The first-order valence-electron chi connectivity index (χ1n) is 5.97. The maximum Gasteiger partial charge on any atom is 0.101 e. The molecule has 1 aliphatic rings. The number of hydrogen-bond acceptors (Lipinski definition) is 2. The van der Waals surface area contributed by atoms with Crippen LogP contribution in [0.3, 0.4) is 0 Å². The Bertz CT molecular complexity index is 620. The van der Waals surface area contributed by atoms with Crippen molar-refractivity contribution in [1.82, 2.24) is 9.78 Å². The molecule has 0 N–H and O–H groups in total. The van der Waals surface area contributed by atoms with E-state index in [2.05, 4.69) is 33.2 Å². The molecule has 1 fully saturated rings. The highest BCUT2D eigenvalue weighted by molar-refractivity contribution is 9.08. The van der Waals surface area contributed by atoms with Crippen LogP contribution in [0, 0.1) is 11.3 Å². The topological polar surface area (TPSA) is 41.6 Å². The van der Waals surface area contributed by atoms with Crippen LogP contribution in [0.4, 0.5) is 0 Å². The second-order valence-corrected chi connectivity index (χ2v) is 5.12. The number of hydrogen-bond donors (Lipinski definition) is 0. The zero-order valence-electron chi connectivity index (χ0n) is 9.81. The van der Waals surface area contributed by atoms with E-state index in [1.165, 1.54) is 12.8 Å². The van der Waals surface area contributed by atoms with Crippen molar-refractivity contribution >= 4 is 15.9 Å². The fourth-order valence-corrected chi connectivity index (χ4v) is 2.37. The van der Waals surface area contributed by atoms with E-state index in [4.69, 9.17) is 0 Å². The fourth-order valence-electron chi connectivity index (χ4n) is 2.02. The third-order valence-electron chi connectivity index (χ3n) is 3.19. The van der Waals surface area contributed by atoms with Crippen LogP contribution in [0.25, 0.3) is 5.69 Å². The number of nitrogens with zero attached hydrogens (tertiary/aromatic N) is 3. The van der Waals surface area contributed by atoms with Gasteiger partial charge in [0.2, 0.25) is 0 Å². The van der Waals surface area contributed by atoms with Crippen molar-refractivity contribution in [3.63, 3.8) is 0 Å². The molecule has 3 nitrogen and oxygen atoms in total. The first-order chi connectivity index (χ1) is 8.81. The van der Waals surface area contributed by atoms with Crippen molar-refractivity contribution in [3.05, 3.63) is 47.3 Å². The van der Waals surface area contributed by atoms with E-state index in [1.54, 1.807) is 0 Å². The molecular formula is C14H12BrN3. The monoisotopic (exact) mass is 301 g/mol. The first-order valence-corrected chi connectivity index (χ1v) is 7.09. The second-order valence-electron chi connectivity index (χ2n) is 4.56. The van der Waals surface area contributed by atoms with Crippen LogP contribution in [0.2, 0.25) is 0 Å². The van der Waals surface area contributed by atoms with E-state index in [1.807, 2.05) is 29.1 Å². The molecular weight excluding hydrogens is 290 g/mol. The summed E-state index contributed by atoms with van der Waals surface area (Å²) in [5.74, 6) is 0.638. The minimum absolute atomic E-state index is 0.638. The van der Waals surface area contributed by atoms with E-state index in [9.17, 15) is 5.26 Å². The highest BCUT2D eigenvalue weighted by Crippen LogP contribution is 2.39. The van der Waals surface area contributed by atoms with E-state index < -0.39 is 0 Å². The molecule has 0 unspecified atom stereocenters. The lowest BCUT2D eigenvalue weighted by molar-refractivity contribution is 0.835. The number of halogens is 1. The Morgan fingerprint density at radius 3 is 2.89 bits per heavy atom. The Hall–Kier alpha value is -1.60. The molecule has 0 radical (unpaired) electrons. The predicted molar refractivity (Wildman–Crippen MR) is 72.9 cm³/mol. The fraction of sp³-hybridized carbons (Fsp3) is 0.286. The van der Waals surface area contributed by atoms with Crippen LogP contribution in [0.5, 0.6) is 0 Å². The van der Waals surface area contributed by atoms with Gasteiger partial charge in [0.1, 0.15) is 6.07 Å². The molecule has 1 aromatic heterocycles. The number of alkyl halides is 1. The Morgan fingerprint density at radius 1 is 1.39 bits per heavy atom. The Morgan fingerprint density at radius 2 is 2.22 bits per heavy atom. The average Bonchev–Trinajstić information content (AvgIpc) is 3.16. The molecule has 0 amide bonds. The largest absolute Gasteiger partial charge is 0.239 e. The highest BCUT2D eigenvalue weighted by Gasteiger charge is 2.26. The summed E-state index contributed by atoms with van der Waals surface area (Å²) < 4.78 is 1.81. The Balaban J connectivity index is 2.01. The third kappa shape index (κ3) is 2.06. The molecule has 1 heterocycles. The van der Waals surface area contributed by atoms with Crippen molar-refractivity contribution in [2.24, 2.45) is 0 Å². The van der Waals surface area contributed by atoms with E-state index in [0.717, 1.165) is 22.3 Å². The molecule has 18 heavy (non-hydrogen) atoms. The summed E-state index contributed by atoms with van der Waals surface area (Å²) in [4.78, 5) is 0. The lowest BCUT2D eigenvalue weighted by atomic mass is 10.1. The number of benzene rings is 1. The van der Waals surface area contributed by atoms with Crippen LogP contribution in [-0.2, 0) is 5.33 Å². The van der Waals surface area contributed by atoms with Crippen LogP contribution in [0.1, 0.15) is 35.6 Å². The summed E-state index contributed by atoms with van der Waals surface area (Å²) in [7, 11) is 0. The number of rotatable bonds is 3. The summed E-state index contributed by atoms with van der Waals surface area (Å²) in [5, 5.41) is 14.5. The quantitative estimate of drug-likeness (QED) is 0.814. The third-order valence-corrected chi connectivity index (χ3v) is 3.84. The van der Waals surface area contributed by atoms with Gasteiger partial charge in [0.15, 0.2) is 0 Å². The van der Waals surface area contributed by atoms with Gasteiger partial charge in [-0.05, 0) is 36.6 Å². The van der Waals surface area contributed by atoms with Crippen LogP contribution in [0.15, 0.2) is 30.5 Å². The van der Waals surface area contributed by atoms with Gasteiger partial charge in [-0.3, -0.25) is 0 Å². The lowest BCUT2D eigenvalue weighted by Gasteiger charge is -2.05. The van der Waals surface area contributed by atoms with Gasteiger partial charge in [-0.15, -0.1) is 0 Å². The molecule has 2 aromatic rings. The smallest absolute Gasteiger partial charge is 0.101 e. The number of aromatic nitrogens is 2. The molecule has 1 saturated carbocycles. The molecule has 4 heteroatoms. The molecule has 0 aliphatic heterocycles. The zero-order valence-corrected chi connectivity index (χ0v) is 11.4. The summed E-state index contributed by atoms with van der Waals surface area (Å²) in [6.07, 6.45) is 4.42.